The minimum absolute atomic E-state index is 0.280. The predicted octanol–water partition coefficient (Wildman–Crippen LogP) is -1.27. The largest absolute Gasteiger partial charge is 0.394 e. The second-order valence-corrected chi connectivity index (χ2v) is 3.07. The zero-order valence-electron chi connectivity index (χ0n) is 7.84. The third-order valence-corrected chi connectivity index (χ3v) is 1.87. The van der Waals surface area contributed by atoms with Gasteiger partial charge >= 0.3 is 0 Å². The summed E-state index contributed by atoms with van der Waals surface area (Å²) < 4.78 is 5.03. The Balaban J connectivity index is 2.46. The van der Waals surface area contributed by atoms with Crippen molar-refractivity contribution in [2.45, 2.75) is 31.7 Å². The van der Waals surface area contributed by atoms with Gasteiger partial charge in [0.2, 0.25) is 5.91 Å². The van der Waals surface area contributed by atoms with Gasteiger partial charge in [-0.15, -0.1) is 0 Å². The molecule has 1 rings (SSSR count). The molecule has 1 aliphatic rings. The van der Waals surface area contributed by atoms with Crippen LogP contribution in [0.25, 0.3) is 0 Å². The van der Waals surface area contributed by atoms with Crippen LogP contribution in [0.5, 0.6) is 0 Å². The van der Waals surface area contributed by atoms with E-state index in [1.54, 1.807) is 0 Å². The smallest absolute Gasteiger partial charge is 0.240 e. The van der Waals surface area contributed by atoms with E-state index in [9.17, 15) is 9.90 Å². The summed E-state index contributed by atoms with van der Waals surface area (Å²) in [4.78, 5) is 15.5. The number of aliphatic hydroxyl groups excluding tert-OH is 2. The highest BCUT2D eigenvalue weighted by Gasteiger charge is 2.34. The lowest BCUT2D eigenvalue weighted by atomic mass is 10.0. The molecule has 1 aliphatic heterocycles. The second kappa shape index (κ2) is 5.26. The van der Waals surface area contributed by atoms with E-state index in [1.807, 2.05) is 0 Å². The number of hydrogen-bond acceptors (Lipinski definition) is 5. The lowest BCUT2D eigenvalue weighted by Gasteiger charge is -2.33. The molecule has 81 valence electrons. The van der Waals surface area contributed by atoms with E-state index in [0.717, 1.165) is 0 Å². The van der Waals surface area contributed by atoms with E-state index in [0.29, 0.717) is 6.42 Å². The minimum Gasteiger partial charge on any atom is -0.394 e. The molecule has 1 saturated heterocycles. The van der Waals surface area contributed by atoms with Crippen molar-refractivity contribution in [3.05, 3.63) is 6.61 Å². The molecule has 1 radical (unpaired) electrons. The molecule has 14 heavy (non-hydrogen) atoms. The molecule has 0 aromatic rings. The van der Waals surface area contributed by atoms with Crippen molar-refractivity contribution >= 4 is 5.91 Å². The number of hydroxylamine groups is 1. The number of carbonyl (C=O) groups excluding carboxylic acids is 1. The molecule has 0 unspecified atom stereocenters. The number of nitrogens with one attached hydrogen (secondary N) is 1. The molecule has 0 aromatic heterocycles. The lowest BCUT2D eigenvalue weighted by Crippen LogP contribution is -2.49. The Hall–Kier alpha value is -0.690. The van der Waals surface area contributed by atoms with Crippen LogP contribution in [0.4, 0.5) is 0 Å². The minimum atomic E-state index is -0.784. The van der Waals surface area contributed by atoms with Gasteiger partial charge < -0.3 is 14.9 Å². The SMILES string of the molecule is CC(=O)NO[C@H]1[C@H](O)C[CH]O[C@@H]1CO. The Morgan fingerprint density at radius 1 is 1.79 bits per heavy atom. The van der Waals surface area contributed by atoms with Gasteiger partial charge in [-0.05, 0) is 0 Å². The summed E-state index contributed by atoms with van der Waals surface area (Å²) in [6.07, 6.45) is -1.87. The van der Waals surface area contributed by atoms with Crippen LogP contribution in [0.3, 0.4) is 0 Å². The quantitative estimate of drug-likeness (QED) is 0.499. The van der Waals surface area contributed by atoms with Crippen molar-refractivity contribution in [2.24, 2.45) is 0 Å². The predicted molar refractivity (Wildman–Crippen MR) is 45.6 cm³/mol. The highest BCUT2D eigenvalue weighted by Crippen LogP contribution is 2.19. The standard InChI is InChI=1S/C8H14NO5/c1-5(11)9-14-8-6(12)2-3-13-7(8)4-10/h3,6-8,10,12H,2,4H2,1H3,(H,9,11)/t6-,7-,8+/m1/s1. The van der Waals surface area contributed by atoms with E-state index in [-0.39, 0.29) is 12.5 Å². The molecule has 3 atom stereocenters. The van der Waals surface area contributed by atoms with Crippen molar-refractivity contribution in [1.29, 1.82) is 0 Å². The molecule has 6 heteroatoms. The fourth-order valence-electron chi connectivity index (χ4n) is 1.19. The van der Waals surface area contributed by atoms with Crippen LogP contribution >= 0.6 is 0 Å². The van der Waals surface area contributed by atoms with Gasteiger partial charge in [-0.3, -0.25) is 9.63 Å². The van der Waals surface area contributed by atoms with Crippen LogP contribution in [0.2, 0.25) is 0 Å². The van der Waals surface area contributed by atoms with Crippen molar-refractivity contribution in [1.82, 2.24) is 5.48 Å². The Kier molecular flexibility index (Phi) is 4.27. The summed E-state index contributed by atoms with van der Waals surface area (Å²) in [5.41, 5.74) is 2.11. The lowest BCUT2D eigenvalue weighted by molar-refractivity contribution is -0.183. The van der Waals surface area contributed by atoms with Gasteiger partial charge in [0, 0.05) is 13.3 Å². The zero-order valence-corrected chi connectivity index (χ0v) is 7.84. The second-order valence-electron chi connectivity index (χ2n) is 3.07. The van der Waals surface area contributed by atoms with Crippen LogP contribution in [-0.2, 0) is 14.4 Å². The van der Waals surface area contributed by atoms with Crippen molar-refractivity contribution in [2.75, 3.05) is 6.61 Å². The summed E-state index contributed by atoms with van der Waals surface area (Å²) in [5.74, 6) is -0.372. The summed E-state index contributed by atoms with van der Waals surface area (Å²) in [7, 11) is 0. The zero-order chi connectivity index (χ0) is 10.6. The van der Waals surface area contributed by atoms with Crippen molar-refractivity contribution in [3.63, 3.8) is 0 Å². The number of rotatable bonds is 3. The van der Waals surface area contributed by atoms with Gasteiger partial charge in [0.15, 0.2) is 0 Å². The first-order valence-electron chi connectivity index (χ1n) is 4.33. The maximum absolute atomic E-state index is 10.6. The molecule has 3 N–H and O–H groups in total. The molecule has 1 heterocycles. The van der Waals surface area contributed by atoms with Gasteiger partial charge in [-0.2, -0.15) is 0 Å². The number of carbonyl (C=O) groups is 1. The van der Waals surface area contributed by atoms with E-state index in [2.05, 4.69) is 5.48 Å². The number of hydrogen-bond donors (Lipinski definition) is 3. The number of aliphatic hydroxyl groups is 2. The molecule has 0 aromatic carbocycles. The molecule has 0 spiro atoms. The normalized spacial score (nSPS) is 32.6. The first-order valence-corrected chi connectivity index (χ1v) is 4.33. The van der Waals surface area contributed by atoms with E-state index >= 15 is 0 Å². The Bertz CT molecular complexity index is 198. The monoisotopic (exact) mass is 204 g/mol. The molecule has 1 fully saturated rings. The fraction of sp³-hybridized carbons (Fsp3) is 0.750. The summed E-state index contributed by atoms with van der Waals surface area (Å²) in [6, 6.07) is 0. The molecule has 0 bridgehead atoms. The van der Waals surface area contributed by atoms with Gasteiger partial charge in [-0.1, -0.05) is 0 Å². The third kappa shape index (κ3) is 2.91. The van der Waals surface area contributed by atoms with E-state index in [4.69, 9.17) is 14.7 Å². The average molecular weight is 204 g/mol. The van der Waals surface area contributed by atoms with Gasteiger partial charge in [0.25, 0.3) is 0 Å². The van der Waals surface area contributed by atoms with Crippen LogP contribution in [-0.4, -0.2) is 41.0 Å². The molecule has 6 nitrogen and oxygen atoms in total. The van der Waals surface area contributed by atoms with Crippen molar-refractivity contribution in [3.8, 4) is 0 Å². The molecule has 0 saturated carbocycles. The van der Waals surface area contributed by atoms with Crippen LogP contribution in [0, 0.1) is 6.61 Å². The third-order valence-electron chi connectivity index (χ3n) is 1.87. The fourth-order valence-corrected chi connectivity index (χ4v) is 1.19. The van der Waals surface area contributed by atoms with Crippen LogP contribution < -0.4 is 5.48 Å². The maximum Gasteiger partial charge on any atom is 0.240 e. The number of ether oxygens (including phenoxy) is 1. The first kappa shape index (κ1) is 11.4. The summed E-state index contributed by atoms with van der Waals surface area (Å²) in [6.45, 7) is 2.42. The van der Waals surface area contributed by atoms with Gasteiger partial charge in [-0.25, -0.2) is 5.48 Å². The maximum atomic E-state index is 10.6. The van der Waals surface area contributed by atoms with Gasteiger partial charge in [0.1, 0.15) is 12.2 Å². The van der Waals surface area contributed by atoms with Crippen LogP contribution in [0.15, 0.2) is 0 Å². The van der Waals surface area contributed by atoms with Crippen molar-refractivity contribution < 1.29 is 24.6 Å². The summed E-state index contributed by atoms with van der Waals surface area (Å²) >= 11 is 0. The topological polar surface area (TPSA) is 88.0 Å². The molecular formula is C8H14NO5. The first-order chi connectivity index (χ1) is 6.65. The van der Waals surface area contributed by atoms with Crippen LogP contribution in [0.1, 0.15) is 13.3 Å². The molecular weight excluding hydrogens is 190 g/mol. The van der Waals surface area contributed by atoms with E-state index < -0.39 is 18.3 Å². The molecule has 0 aliphatic carbocycles. The Labute approximate surface area is 81.8 Å². The van der Waals surface area contributed by atoms with E-state index in [1.165, 1.54) is 13.5 Å². The highest BCUT2D eigenvalue weighted by atomic mass is 16.7. The Morgan fingerprint density at radius 2 is 2.50 bits per heavy atom. The summed E-state index contributed by atoms with van der Waals surface area (Å²) in [5, 5.41) is 18.4. The highest BCUT2D eigenvalue weighted by molar-refractivity contribution is 5.71. The number of amides is 1. The Morgan fingerprint density at radius 3 is 3.07 bits per heavy atom. The van der Waals surface area contributed by atoms with Gasteiger partial charge in [0.05, 0.1) is 19.3 Å². The molecule has 1 amide bonds. The average Bonchev–Trinajstić information content (AvgIpc) is 2.15.